The molecular weight excluding hydrogens is 348 g/mol. The standard InChI is InChI=1S/C18H20ClF2N3O/c1-10-7-18(9-22,14(10)3-4-15(20)21)11(2)24-8-13-12(17(24)25)5-6-23-16(13)19/h5-6,9,11,15,22H,3-4,7-8H2,1-2H3. The summed E-state index contributed by atoms with van der Waals surface area (Å²) in [6.07, 6.45) is 1.09. The van der Waals surface area contributed by atoms with Crippen molar-refractivity contribution < 1.29 is 13.6 Å². The summed E-state index contributed by atoms with van der Waals surface area (Å²) in [4.78, 5) is 18.5. The summed E-state index contributed by atoms with van der Waals surface area (Å²) in [5, 5.41) is 8.26. The van der Waals surface area contributed by atoms with Gasteiger partial charge in [-0.3, -0.25) is 4.79 Å². The van der Waals surface area contributed by atoms with Gasteiger partial charge in [0.1, 0.15) is 5.15 Å². The smallest absolute Gasteiger partial charge is 0.254 e. The molecule has 1 aliphatic carbocycles. The number of amides is 1. The molecule has 0 fully saturated rings. The number of pyridine rings is 1. The third-order valence-corrected chi connectivity index (χ3v) is 5.87. The number of hydrogen-bond acceptors (Lipinski definition) is 3. The number of rotatable bonds is 6. The Labute approximate surface area is 150 Å². The molecule has 2 unspecified atom stereocenters. The molecule has 0 aromatic carbocycles. The summed E-state index contributed by atoms with van der Waals surface area (Å²) in [5.74, 6) is -0.147. The molecule has 0 bridgehead atoms. The minimum absolute atomic E-state index is 0.147. The number of halogens is 3. The fourth-order valence-electron chi connectivity index (χ4n) is 4.11. The molecule has 2 atom stereocenters. The summed E-state index contributed by atoms with van der Waals surface area (Å²) in [6.45, 7) is 4.13. The van der Waals surface area contributed by atoms with Gasteiger partial charge in [-0.25, -0.2) is 13.8 Å². The lowest BCUT2D eigenvalue weighted by atomic mass is 9.59. The van der Waals surface area contributed by atoms with Crippen LogP contribution in [0.2, 0.25) is 5.15 Å². The molecule has 1 amide bonds. The van der Waals surface area contributed by atoms with Crippen LogP contribution in [0.1, 0.15) is 49.0 Å². The van der Waals surface area contributed by atoms with Gasteiger partial charge in [-0.1, -0.05) is 22.7 Å². The van der Waals surface area contributed by atoms with Gasteiger partial charge in [0, 0.05) is 41.4 Å². The fraction of sp³-hybridized carbons (Fsp3) is 0.500. The van der Waals surface area contributed by atoms with Crippen LogP contribution in [0.5, 0.6) is 0 Å². The molecular formula is C18H20ClF2N3O. The molecule has 1 aliphatic heterocycles. The molecule has 0 radical (unpaired) electrons. The molecule has 2 heterocycles. The Morgan fingerprint density at radius 3 is 2.80 bits per heavy atom. The van der Waals surface area contributed by atoms with E-state index in [9.17, 15) is 13.6 Å². The maximum Gasteiger partial charge on any atom is 0.254 e. The quantitative estimate of drug-likeness (QED) is 0.458. The second-order valence-electron chi connectivity index (χ2n) is 6.79. The highest BCUT2D eigenvalue weighted by Gasteiger charge is 2.50. The third-order valence-electron chi connectivity index (χ3n) is 5.54. The Bertz CT molecular complexity index is 765. The van der Waals surface area contributed by atoms with Crippen molar-refractivity contribution in [3.05, 3.63) is 39.7 Å². The molecule has 1 N–H and O–H groups in total. The number of hydrogen-bond donors (Lipinski definition) is 1. The van der Waals surface area contributed by atoms with Crippen LogP contribution in [0.25, 0.3) is 0 Å². The number of aromatic nitrogens is 1. The van der Waals surface area contributed by atoms with E-state index in [0.717, 1.165) is 11.1 Å². The van der Waals surface area contributed by atoms with E-state index in [1.165, 1.54) is 12.4 Å². The lowest BCUT2D eigenvalue weighted by Crippen LogP contribution is -2.52. The molecule has 0 spiro atoms. The summed E-state index contributed by atoms with van der Waals surface area (Å²) in [5.41, 5.74) is 2.45. The number of allylic oxidation sites excluding steroid dienone is 1. The predicted octanol–water partition coefficient (Wildman–Crippen LogP) is 4.48. The van der Waals surface area contributed by atoms with E-state index in [-0.39, 0.29) is 24.8 Å². The second kappa shape index (κ2) is 6.48. The Morgan fingerprint density at radius 1 is 1.52 bits per heavy atom. The van der Waals surface area contributed by atoms with Crippen LogP contribution < -0.4 is 0 Å². The number of carbonyl (C=O) groups is 1. The molecule has 25 heavy (non-hydrogen) atoms. The summed E-state index contributed by atoms with van der Waals surface area (Å²) >= 11 is 6.11. The van der Waals surface area contributed by atoms with E-state index in [0.29, 0.717) is 29.2 Å². The van der Waals surface area contributed by atoms with E-state index >= 15 is 0 Å². The van der Waals surface area contributed by atoms with E-state index in [1.54, 1.807) is 11.0 Å². The third kappa shape index (κ3) is 2.76. The number of alkyl halides is 2. The van der Waals surface area contributed by atoms with Crippen molar-refractivity contribution in [1.82, 2.24) is 9.88 Å². The SMILES string of the molecule is CC1=C(CCC(F)F)C(C=N)(C(C)N2Cc3c(ccnc3Cl)C2=O)C1. The maximum absolute atomic E-state index is 12.8. The summed E-state index contributed by atoms with van der Waals surface area (Å²) < 4.78 is 25.3. The monoisotopic (exact) mass is 367 g/mol. The van der Waals surface area contributed by atoms with Gasteiger partial charge in [-0.15, -0.1) is 0 Å². The maximum atomic E-state index is 12.8. The van der Waals surface area contributed by atoms with E-state index in [4.69, 9.17) is 17.0 Å². The minimum atomic E-state index is -2.37. The Morgan fingerprint density at radius 2 is 2.24 bits per heavy atom. The van der Waals surface area contributed by atoms with Crippen LogP contribution in [0.4, 0.5) is 8.78 Å². The van der Waals surface area contributed by atoms with Crippen molar-refractivity contribution in [1.29, 1.82) is 5.41 Å². The van der Waals surface area contributed by atoms with Crippen molar-refractivity contribution in [2.45, 2.75) is 52.1 Å². The molecule has 3 rings (SSSR count). The topological polar surface area (TPSA) is 57.1 Å². The van der Waals surface area contributed by atoms with Crippen LogP contribution in [0.3, 0.4) is 0 Å². The van der Waals surface area contributed by atoms with Gasteiger partial charge in [0.25, 0.3) is 5.91 Å². The zero-order chi connectivity index (χ0) is 18.4. The molecule has 0 saturated carbocycles. The summed E-state index contributed by atoms with van der Waals surface area (Å²) in [6, 6.07) is 1.34. The first-order valence-electron chi connectivity index (χ1n) is 8.25. The first-order chi connectivity index (χ1) is 11.8. The average molecular weight is 368 g/mol. The Kier molecular flexibility index (Phi) is 4.66. The molecule has 7 heteroatoms. The average Bonchev–Trinajstić information content (AvgIpc) is 2.90. The van der Waals surface area contributed by atoms with Crippen molar-refractivity contribution in [3.8, 4) is 0 Å². The zero-order valence-electron chi connectivity index (χ0n) is 14.2. The van der Waals surface area contributed by atoms with E-state index in [2.05, 4.69) is 4.98 Å². The summed E-state index contributed by atoms with van der Waals surface area (Å²) in [7, 11) is 0. The van der Waals surface area contributed by atoms with Crippen LogP contribution in [-0.2, 0) is 6.54 Å². The van der Waals surface area contributed by atoms with Gasteiger partial charge in [0.05, 0.1) is 6.54 Å². The molecule has 4 nitrogen and oxygen atoms in total. The largest absolute Gasteiger partial charge is 0.330 e. The zero-order valence-corrected chi connectivity index (χ0v) is 14.9. The second-order valence-corrected chi connectivity index (χ2v) is 7.15. The number of nitrogens with zero attached hydrogens (tertiary/aromatic N) is 2. The van der Waals surface area contributed by atoms with Crippen LogP contribution in [0.15, 0.2) is 23.4 Å². The highest BCUT2D eigenvalue weighted by Crippen LogP contribution is 2.52. The molecule has 0 saturated heterocycles. The Balaban J connectivity index is 1.88. The van der Waals surface area contributed by atoms with Crippen LogP contribution >= 0.6 is 11.6 Å². The first kappa shape index (κ1) is 18.0. The molecule has 134 valence electrons. The first-order valence-corrected chi connectivity index (χ1v) is 8.63. The fourth-order valence-corrected chi connectivity index (χ4v) is 4.32. The van der Waals surface area contributed by atoms with Crippen molar-refractivity contribution in [2.75, 3.05) is 0 Å². The number of fused-ring (bicyclic) bond motifs is 1. The lowest BCUT2D eigenvalue weighted by Gasteiger charge is -2.49. The van der Waals surface area contributed by atoms with Gasteiger partial charge in [0.15, 0.2) is 0 Å². The highest BCUT2D eigenvalue weighted by atomic mass is 35.5. The number of nitrogens with one attached hydrogen (secondary N) is 1. The van der Waals surface area contributed by atoms with E-state index in [1.807, 2.05) is 13.8 Å². The molecule has 2 aliphatic rings. The van der Waals surface area contributed by atoms with Crippen LogP contribution in [-0.4, -0.2) is 34.5 Å². The van der Waals surface area contributed by atoms with Gasteiger partial charge < -0.3 is 10.3 Å². The van der Waals surface area contributed by atoms with E-state index < -0.39 is 11.8 Å². The normalized spacial score (nSPS) is 23.8. The van der Waals surface area contributed by atoms with Gasteiger partial charge in [-0.05, 0) is 32.8 Å². The van der Waals surface area contributed by atoms with Crippen LogP contribution in [0, 0.1) is 10.8 Å². The highest BCUT2D eigenvalue weighted by molar-refractivity contribution is 6.30. The lowest BCUT2D eigenvalue weighted by molar-refractivity contribution is 0.0604. The van der Waals surface area contributed by atoms with Gasteiger partial charge >= 0.3 is 0 Å². The molecule has 1 aromatic rings. The predicted molar refractivity (Wildman–Crippen MR) is 92.4 cm³/mol. The Hall–Kier alpha value is -1.82. The van der Waals surface area contributed by atoms with Crippen molar-refractivity contribution >= 4 is 23.7 Å². The number of carbonyl (C=O) groups excluding carboxylic acids is 1. The van der Waals surface area contributed by atoms with Crippen molar-refractivity contribution in [2.24, 2.45) is 5.41 Å². The van der Waals surface area contributed by atoms with Crippen molar-refractivity contribution in [3.63, 3.8) is 0 Å². The minimum Gasteiger partial charge on any atom is -0.330 e. The molecule has 1 aromatic heterocycles. The van der Waals surface area contributed by atoms with Gasteiger partial charge in [0.2, 0.25) is 6.43 Å². The van der Waals surface area contributed by atoms with Gasteiger partial charge in [-0.2, -0.15) is 0 Å².